The number of halogens is 3. The highest BCUT2D eigenvalue weighted by atomic mass is 127. The molecular weight excluding hydrogens is 394 g/mol. The van der Waals surface area contributed by atoms with Crippen molar-refractivity contribution in [1.29, 1.82) is 0 Å². The van der Waals surface area contributed by atoms with Crippen LogP contribution in [0.1, 0.15) is 15.9 Å². The van der Waals surface area contributed by atoms with Gasteiger partial charge in [-0.2, -0.15) is 0 Å². The number of hydrogen-bond donors (Lipinski definition) is 0. The predicted octanol–water partition coefficient (Wildman–Crippen LogP) is 4.52. The lowest BCUT2D eigenvalue weighted by atomic mass is 10.0. The lowest BCUT2D eigenvalue weighted by Gasteiger charge is -2.09. The van der Waals surface area contributed by atoms with Crippen molar-refractivity contribution in [2.45, 2.75) is 6.42 Å². The zero-order valence-electron chi connectivity index (χ0n) is 10.6. The Morgan fingerprint density at radius 2 is 2.10 bits per heavy atom. The minimum Gasteiger partial charge on any atom is -0.496 e. The standard InChI is InChI=1S/C15H11ClFIO2/c1-20-15-6-5-9(18)7-11(15)14(19)8-10-12(16)3-2-4-13(10)17/h2-7H,8H2,1H3. The van der Waals surface area contributed by atoms with Gasteiger partial charge in [0.1, 0.15) is 11.6 Å². The van der Waals surface area contributed by atoms with Gasteiger partial charge < -0.3 is 4.74 Å². The van der Waals surface area contributed by atoms with Gasteiger partial charge in [0.05, 0.1) is 12.7 Å². The second-order valence-electron chi connectivity index (χ2n) is 4.14. The second-order valence-corrected chi connectivity index (χ2v) is 5.80. The highest BCUT2D eigenvalue weighted by molar-refractivity contribution is 14.1. The SMILES string of the molecule is COc1ccc(I)cc1C(=O)Cc1c(F)cccc1Cl. The van der Waals surface area contributed by atoms with Crippen LogP contribution in [0.5, 0.6) is 5.75 Å². The summed E-state index contributed by atoms with van der Waals surface area (Å²) in [4.78, 5) is 12.3. The third kappa shape index (κ3) is 3.30. The number of benzene rings is 2. The normalized spacial score (nSPS) is 10.4. The van der Waals surface area contributed by atoms with E-state index in [4.69, 9.17) is 16.3 Å². The van der Waals surface area contributed by atoms with Gasteiger partial charge in [-0.05, 0) is 52.9 Å². The Morgan fingerprint density at radius 3 is 2.75 bits per heavy atom. The Morgan fingerprint density at radius 1 is 1.35 bits per heavy atom. The first kappa shape index (κ1) is 15.3. The molecule has 0 aromatic heterocycles. The molecule has 104 valence electrons. The first-order valence-electron chi connectivity index (χ1n) is 5.82. The molecule has 2 rings (SSSR count). The zero-order chi connectivity index (χ0) is 14.7. The van der Waals surface area contributed by atoms with E-state index in [-0.39, 0.29) is 22.8 Å². The molecule has 0 bridgehead atoms. The van der Waals surface area contributed by atoms with Gasteiger partial charge >= 0.3 is 0 Å². The molecule has 0 saturated carbocycles. The van der Waals surface area contributed by atoms with E-state index in [9.17, 15) is 9.18 Å². The monoisotopic (exact) mass is 404 g/mol. The van der Waals surface area contributed by atoms with Gasteiger partial charge in [-0.3, -0.25) is 4.79 Å². The van der Waals surface area contributed by atoms with Crippen LogP contribution in [0.4, 0.5) is 4.39 Å². The van der Waals surface area contributed by atoms with Crippen LogP contribution in [0.2, 0.25) is 5.02 Å². The molecule has 0 aliphatic rings. The maximum Gasteiger partial charge on any atom is 0.171 e. The van der Waals surface area contributed by atoms with E-state index in [0.29, 0.717) is 11.3 Å². The van der Waals surface area contributed by atoms with Gasteiger partial charge in [-0.25, -0.2) is 4.39 Å². The Labute approximate surface area is 135 Å². The van der Waals surface area contributed by atoms with Gasteiger partial charge in [0.15, 0.2) is 5.78 Å². The average Bonchev–Trinajstić information content (AvgIpc) is 2.43. The Kier molecular flexibility index (Phi) is 4.99. The smallest absolute Gasteiger partial charge is 0.171 e. The molecule has 0 aliphatic carbocycles. The zero-order valence-corrected chi connectivity index (χ0v) is 13.5. The van der Waals surface area contributed by atoms with Gasteiger partial charge in [0, 0.05) is 20.6 Å². The van der Waals surface area contributed by atoms with E-state index in [1.54, 1.807) is 18.2 Å². The summed E-state index contributed by atoms with van der Waals surface area (Å²) in [6.07, 6.45) is -0.0953. The molecule has 0 heterocycles. The Hall–Kier alpha value is -1.14. The Bertz CT molecular complexity index is 638. The molecule has 0 unspecified atom stereocenters. The van der Waals surface area contributed by atoms with Crippen LogP contribution in [-0.2, 0) is 6.42 Å². The Balaban J connectivity index is 2.35. The van der Waals surface area contributed by atoms with E-state index in [0.717, 1.165) is 3.57 Å². The number of ether oxygens (including phenoxy) is 1. The molecule has 0 fully saturated rings. The molecule has 2 aromatic rings. The van der Waals surface area contributed by atoms with E-state index < -0.39 is 5.82 Å². The molecule has 0 saturated heterocycles. The van der Waals surface area contributed by atoms with E-state index in [1.165, 1.54) is 19.2 Å². The van der Waals surface area contributed by atoms with Crippen molar-refractivity contribution < 1.29 is 13.9 Å². The first-order valence-corrected chi connectivity index (χ1v) is 7.28. The predicted molar refractivity (Wildman–Crippen MR) is 85.2 cm³/mol. The number of carbonyl (C=O) groups is 1. The molecule has 2 nitrogen and oxygen atoms in total. The van der Waals surface area contributed by atoms with Gasteiger partial charge in [0.2, 0.25) is 0 Å². The highest BCUT2D eigenvalue weighted by Gasteiger charge is 2.17. The van der Waals surface area contributed by atoms with E-state index in [1.807, 2.05) is 6.07 Å². The van der Waals surface area contributed by atoms with Crippen LogP contribution in [0.3, 0.4) is 0 Å². The number of carbonyl (C=O) groups excluding carboxylic acids is 1. The minimum atomic E-state index is -0.476. The summed E-state index contributed by atoms with van der Waals surface area (Å²) < 4.78 is 19.8. The quantitative estimate of drug-likeness (QED) is 0.553. The molecule has 0 amide bonds. The van der Waals surface area contributed by atoms with Crippen molar-refractivity contribution in [2.75, 3.05) is 7.11 Å². The van der Waals surface area contributed by atoms with Crippen LogP contribution in [0, 0.1) is 9.39 Å². The molecule has 0 radical (unpaired) electrons. The van der Waals surface area contributed by atoms with Crippen LogP contribution in [0.25, 0.3) is 0 Å². The van der Waals surface area contributed by atoms with Gasteiger partial charge in [-0.15, -0.1) is 0 Å². The molecule has 0 N–H and O–H groups in total. The van der Waals surface area contributed by atoms with Gasteiger partial charge in [-0.1, -0.05) is 17.7 Å². The lowest BCUT2D eigenvalue weighted by Crippen LogP contribution is -2.08. The number of ketones is 1. The first-order chi connectivity index (χ1) is 9.52. The fraction of sp³-hybridized carbons (Fsp3) is 0.133. The van der Waals surface area contributed by atoms with Crippen LogP contribution >= 0.6 is 34.2 Å². The molecule has 2 aromatic carbocycles. The molecule has 20 heavy (non-hydrogen) atoms. The topological polar surface area (TPSA) is 26.3 Å². The summed E-state index contributed by atoms with van der Waals surface area (Å²) in [7, 11) is 1.50. The van der Waals surface area contributed by atoms with Crippen molar-refractivity contribution >= 4 is 40.0 Å². The van der Waals surface area contributed by atoms with E-state index in [2.05, 4.69) is 22.6 Å². The largest absolute Gasteiger partial charge is 0.496 e. The van der Waals surface area contributed by atoms with Gasteiger partial charge in [0.25, 0.3) is 0 Å². The third-order valence-corrected chi connectivity index (χ3v) is 3.89. The number of rotatable bonds is 4. The minimum absolute atomic E-state index is 0.0953. The third-order valence-electron chi connectivity index (χ3n) is 2.86. The highest BCUT2D eigenvalue weighted by Crippen LogP contribution is 2.25. The maximum atomic E-state index is 13.7. The molecule has 5 heteroatoms. The summed E-state index contributed by atoms with van der Waals surface area (Å²) >= 11 is 8.05. The number of Topliss-reactive ketones (excluding diaryl/α,β-unsaturated/α-hetero) is 1. The average molecular weight is 405 g/mol. The van der Waals surface area contributed by atoms with Crippen molar-refractivity contribution in [1.82, 2.24) is 0 Å². The fourth-order valence-electron chi connectivity index (χ4n) is 1.86. The van der Waals surface area contributed by atoms with Crippen LogP contribution in [0.15, 0.2) is 36.4 Å². The van der Waals surface area contributed by atoms with Crippen molar-refractivity contribution in [3.05, 3.63) is 61.9 Å². The van der Waals surface area contributed by atoms with Crippen LogP contribution in [-0.4, -0.2) is 12.9 Å². The van der Waals surface area contributed by atoms with Crippen molar-refractivity contribution in [3.63, 3.8) is 0 Å². The summed E-state index contributed by atoms with van der Waals surface area (Å²) in [5, 5.41) is 0.253. The molecule has 0 atom stereocenters. The summed E-state index contributed by atoms with van der Waals surface area (Å²) in [6, 6.07) is 9.65. The lowest BCUT2D eigenvalue weighted by molar-refractivity contribution is 0.0989. The van der Waals surface area contributed by atoms with E-state index >= 15 is 0 Å². The summed E-state index contributed by atoms with van der Waals surface area (Å²) in [5.41, 5.74) is 0.638. The fourth-order valence-corrected chi connectivity index (χ4v) is 2.58. The molecule has 0 aliphatic heterocycles. The second kappa shape index (κ2) is 6.54. The summed E-state index contributed by atoms with van der Waals surface area (Å²) in [5.74, 6) is -0.231. The number of hydrogen-bond acceptors (Lipinski definition) is 2. The van der Waals surface area contributed by atoms with Crippen molar-refractivity contribution in [3.8, 4) is 5.75 Å². The van der Waals surface area contributed by atoms with Crippen molar-refractivity contribution in [2.24, 2.45) is 0 Å². The number of methoxy groups -OCH3 is 1. The molecular formula is C15H11ClFIO2. The summed E-state index contributed by atoms with van der Waals surface area (Å²) in [6.45, 7) is 0. The maximum absolute atomic E-state index is 13.7. The van der Waals surface area contributed by atoms with Crippen LogP contribution < -0.4 is 4.74 Å². The molecule has 0 spiro atoms.